The van der Waals surface area contributed by atoms with E-state index >= 15 is 0 Å². The number of hydrogen-bond acceptors (Lipinski definition) is 3. The van der Waals surface area contributed by atoms with Crippen molar-refractivity contribution in [2.45, 2.75) is 27.0 Å². The maximum atomic E-state index is 13.2. The second-order valence-electron chi connectivity index (χ2n) is 6.49. The number of ether oxygens (including phenoxy) is 2. The molecule has 1 aromatic heterocycles. The average molecular weight is 436 g/mol. The second-order valence-corrected chi connectivity index (χ2v) is 7.34. The molecule has 4 nitrogen and oxygen atoms in total. The summed E-state index contributed by atoms with van der Waals surface area (Å²) in [5, 5.41) is 0.878. The molecular formula is C22H20Cl2FNO3. The lowest BCUT2D eigenvalue weighted by Crippen LogP contribution is -2.05. The van der Waals surface area contributed by atoms with Crippen molar-refractivity contribution in [3.05, 3.63) is 86.9 Å². The number of benzene rings is 2. The molecule has 0 aliphatic heterocycles. The Morgan fingerprint density at radius 2 is 1.90 bits per heavy atom. The number of carbonyl (C=O) groups is 1. The Hall–Kier alpha value is -2.50. The van der Waals surface area contributed by atoms with Gasteiger partial charge in [0.05, 0.1) is 23.7 Å². The summed E-state index contributed by atoms with van der Waals surface area (Å²) in [5.74, 6) is -0.130. The predicted molar refractivity (Wildman–Crippen MR) is 111 cm³/mol. The first-order valence-corrected chi connectivity index (χ1v) is 9.82. The summed E-state index contributed by atoms with van der Waals surface area (Å²) >= 11 is 12.3. The maximum absolute atomic E-state index is 13.2. The maximum Gasteiger partial charge on any atom is 0.339 e. The third-order valence-electron chi connectivity index (χ3n) is 4.38. The van der Waals surface area contributed by atoms with E-state index in [1.807, 2.05) is 17.6 Å². The summed E-state index contributed by atoms with van der Waals surface area (Å²) < 4.78 is 26.1. The third kappa shape index (κ3) is 5.31. The van der Waals surface area contributed by atoms with Crippen molar-refractivity contribution in [1.82, 2.24) is 4.57 Å². The molecule has 0 N–H and O–H groups in total. The predicted octanol–water partition coefficient (Wildman–Crippen LogP) is 6.05. The van der Waals surface area contributed by atoms with Crippen molar-refractivity contribution in [3.63, 3.8) is 0 Å². The summed E-state index contributed by atoms with van der Waals surface area (Å²) in [6.07, 6.45) is 1.74. The van der Waals surface area contributed by atoms with Gasteiger partial charge in [-0.15, -0.1) is 0 Å². The second kappa shape index (κ2) is 9.33. The van der Waals surface area contributed by atoms with E-state index in [-0.39, 0.29) is 12.6 Å². The van der Waals surface area contributed by atoms with Crippen LogP contribution in [0.3, 0.4) is 0 Å². The molecule has 0 unspecified atom stereocenters. The molecular weight excluding hydrogens is 416 g/mol. The number of halogens is 3. The fourth-order valence-corrected chi connectivity index (χ4v) is 3.32. The van der Waals surface area contributed by atoms with Crippen LogP contribution in [0.15, 0.2) is 48.7 Å². The Kier molecular flexibility index (Phi) is 6.83. The monoisotopic (exact) mass is 435 g/mol. The largest absolute Gasteiger partial charge is 0.488 e. The zero-order chi connectivity index (χ0) is 21.0. The van der Waals surface area contributed by atoms with E-state index in [1.54, 1.807) is 37.4 Å². The topological polar surface area (TPSA) is 40.5 Å². The van der Waals surface area contributed by atoms with Crippen LogP contribution in [0.4, 0.5) is 4.39 Å². The highest BCUT2D eigenvalue weighted by molar-refractivity contribution is 6.31. The van der Waals surface area contributed by atoms with Crippen molar-refractivity contribution in [1.29, 1.82) is 0 Å². The average Bonchev–Trinajstić information content (AvgIpc) is 3.03. The van der Waals surface area contributed by atoms with E-state index in [2.05, 4.69) is 0 Å². The van der Waals surface area contributed by atoms with Crippen LogP contribution >= 0.6 is 23.2 Å². The highest BCUT2D eigenvalue weighted by Gasteiger charge is 2.14. The van der Waals surface area contributed by atoms with E-state index in [9.17, 15) is 9.18 Å². The van der Waals surface area contributed by atoms with Gasteiger partial charge in [-0.3, -0.25) is 0 Å². The van der Waals surface area contributed by atoms with Gasteiger partial charge in [0.2, 0.25) is 0 Å². The summed E-state index contributed by atoms with van der Waals surface area (Å²) in [7, 11) is 0. The van der Waals surface area contributed by atoms with E-state index < -0.39 is 5.82 Å². The Labute approximate surface area is 178 Å². The first kappa shape index (κ1) is 21.2. The molecule has 0 aliphatic carbocycles. The molecule has 29 heavy (non-hydrogen) atoms. The van der Waals surface area contributed by atoms with Gasteiger partial charge < -0.3 is 14.0 Å². The van der Waals surface area contributed by atoms with E-state index in [0.717, 1.165) is 11.3 Å². The smallest absolute Gasteiger partial charge is 0.339 e. The molecule has 0 atom stereocenters. The lowest BCUT2D eigenvalue weighted by Gasteiger charge is -2.14. The lowest BCUT2D eigenvalue weighted by atomic mass is 10.2. The van der Waals surface area contributed by atoms with E-state index in [1.165, 1.54) is 12.1 Å². The van der Waals surface area contributed by atoms with E-state index in [4.69, 9.17) is 32.7 Å². The molecule has 0 spiro atoms. The minimum Gasteiger partial charge on any atom is -0.488 e. The number of aryl methyl sites for hydroxylation is 1. The highest BCUT2D eigenvalue weighted by Crippen LogP contribution is 2.27. The van der Waals surface area contributed by atoms with Gasteiger partial charge >= 0.3 is 5.97 Å². The molecule has 7 heteroatoms. The molecule has 0 saturated carbocycles. The van der Waals surface area contributed by atoms with Crippen LogP contribution in [-0.2, 0) is 17.9 Å². The van der Waals surface area contributed by atoms with Crippen LogP contribution in [0.5, 0.6) is 5.75 Å². The normalized spacial score (nSPS) is 10.8. The minimum atomic E-state index is -0.397. The number of nitrogens with zero attached hydrogens (tertiary/aromatic N) is 1. The fraction of sp³-hybridized carbons (Fsp3) is 0.227. The van der Waals surface area contributed by atoms with Crippen molar-refractivity contribution in [2.24, 2.45) is 0 Å². The van der Waals surface area contributed by atoms with Gasteiger partial charge in [0.25, 0.3) is 0 Å². The standard InChI is InChI=1S/C22H20Cl2FNO3/c1-3-28-22(27)17-8-14(2)26(12-17)11-16-9-18(23)5-7-21(16)29-13-15-4-6-19(25)10-20(15)24/h4-10,12H,3,11,13H2,1-2H3. The number of aromatic nitrogens is 1. The third-order valence-corrected chi connectivity index (χ3v) is 4.97. The molecule has 3 aromatic rings. The van der Waals surface area contributed by atoms with Crippen molar-refractivity contribution in [2.75, 3.05) is 6.61 Å². The Balaban J connectivity index is 1.81. The number of carbonyl (C=O) groups excluding carboxylic acids is 1. The lowest BCUT2D eigenvalue weighted by molar-refractivity contribution is 0.0526. The Bertz CT molecular complexity index is 1030. The van der Waals surface area contributed by atoms with Gasteiger partial charge in [0.15, 0.2) is 0 Å². The zero-order valence-electron chi connectivity index (χ0n) is 16.0. The molecule has 0 fully saturated rings. The Morgan fingerprint density at radius 1 is 1.10 bits per heavy atom. The molecule has 2 aromatic carbocycles. The van der Waals surface area contributed by atoms with Crippen molar-refractivity contribution in [3.8, 4) is 5.75 Å². The molecule has 0 amide bonds. The van der Waals surface area contributed by atoms with Gasteiger partial charge in [-0.2, -0.15) is 0 Å². The minimum absolute atomic E-state index is 0.187. The molecule has 152 valence electrons. The Morgan fingerprint density at radius 3 is 2.62 bits per heavy atom. The van der Waals surface area contributed by atoms with Crippen LogP contribution in [0.25, 0.3) is 0 Å². The van der Waals surface area contributed by atoms with Gasteiger partial charge in [-0.1, -0.05) is 29.3 Å². The van der Waals surface area contributed by atoms with Crippen molar-refractivity contribution < 1.29 is 18.7 Å². The van der Waals surface area contributed by atoms with Gasteiger partial charge in [0.1, 0.15) is 18.2 Å². The zero-order valence-corrected chi connectivity index (χ0v) is 17.6. The molecule has 0 radical (unpaired) electrons. The molecule has 3 rings (SSSR count). The van der Waals surface area contributed by atoms with Crippen LogP contribution in [-0.4, -0.2) is 17.1 Å². The van der Waals surface area contributed by atoms with Crippen LogP contribution in [0.1, 0.15) is 34.1 Å². The first-order valence-electron chi connectivity index (χ1n) is 9.06. The SMILES string of the molecule is CCOC(=O)c1cc(C)n(Cc2cc(Cl)ccc2OCc2ccc(F)cc2Cl)c1. The number of esters is 1. The molecule has 0 bridgehead atoms. The number of hydrogen-bond donors (Lipinski definition) is 0. The first-order chi connectivity index (χ1) is 13.9. The van der Waals surface area contributed by atoms with Crippen LogP contribution < -0.4 is 4.74 Å². The fourth-order valence-electron chi connectivity index (χ4n) is 2.90. The van der Waals surface area contributed by atoms with Crippen LogP contribution in [0.2, 0.25) is 10.0 Å². The van der Waals surface area contributed by atoms with Gasteiger partial charge in [-0.05, 0) is 50.2 Å². The van der Waals surface area contributed by atoms with Gasteiger partial charge in [0, 0.05) is 28.0 Å². The summed E-state index contributed by atoms with van der Waals surface area (Å²) in [4.78, 5) is 12.0. The molecule has 0 saturated heterocycles. The quantitative estimate of drug-likeness (QED) is 0.424. The van der Waals surface area contributed by atoms with Crippen molar-refractivity contribution >= 4 is 29.2 Å². The molecule has 1 heterocycles. The summed E-state index contributed by atoms with van der Waals surface area (Å²) in [6, 6.07) is 11.3. The van der Waals surface area contributed by atoms with E-state index in [0.29, 0.717) is 40.1 Å². The van der Waals surface area contributed by atoms with Crippen LogP contribution in [0, 0.1) is 12.7 Å². The highest BCUT2D eigenvalue weighted by atomic mass is 35.5. The summed E-state index contributed by atoms with van der Waals surface area (Å²) in [6.45, 7) is 4.64. The van der Waals surface area contributed by atoms with Gasteiger partial charge in [-0.25, -0.2) is 9.18 Å². The summed E-state index contributed by atoms with van der Waals surface area (Å²) in [5.41, 5.74) is 2.91. The number of rotatable bonds is 7. The molecule has 0 aliphatic rings.